The van der Waals surface area contributed by atoms with Crippen LogP contribution in [0, 0.1) is 5.92 Å². The minimum atomic E-state index is -1.20. The third-order valence-electron chi connectivity index (χ3n) is 6.05. The van der Waals surface area contributed by atoms with Crippen molar-refractivity contribution in [2.75, 3.05) is 0 Å². The molecule has 0 radical (unpaired) electrons. The van der Waals surface area contributed by atoms with Gasteiger partial charge in [-0.3, -0.25) is 0 Å². The molecule has 1 aromatic rings. The Morgan fingerprint density at radius 2 is 1.39 bits per heavy atom. The fourth-order valence-electron chi connectivity index (χ4n) is 4.25. The number of unbranched alkanes of at least 4 members (excludes halogenated alkanes) is 8. The summed E-state index contributed by atoms with van der Waals surface area (Å²) in [6.45, 7) is 7.47. The number of rotatable bonds is 12. The van der Waals surface area contributed by atoms with E-state index in [1.54, 1.807) is 5.19 Å². The van der Waals surface area contributed by atoms with Crippen LogP contribution in [0.1, 0.15) is 77.6 Å². The van der Waals surface area contributed by atoms with Crippen molar-refractivity contribution < 1.29 is 0 Å². The molecule has 0 spiro atoms. The van der Waals surface area contributed by atoms with Gasteiger partial charge in [-0.2, -0.15) is 0 Å². The molecule has 0 aliphatic heterocycles. The van der Waals surface area contributed by atoms with Crippen LogP contribution in [0.3, 0.4) is 0 Å². The van der Waals surface area contributed by atoms with Crippen molar-refractivity contribution in [3.05, 3.63) is 30.3 Å². The summed E-state index contributed by atoms with van der Waals surface area (Å²) >= 11 is 0. The van der Waals surface area contributed by atoms with Gasteiger partial charge in [0.15, 0.2) is 0 Å². The molecule has 2 rings (SSSR count). The van der Waals surface area contributed by atoms with E-state index < -0.39 is 8.07 Å². The first-order chi connectivity index (χ1) is 11.2. The summed E-state index contributed by atoms with van der Waals surface area (Å²) in [6.07, 6.45) is 16.1. The zero-order valence-electron chi connectivity index (χ0n) is 15.8. The van der Waals surface area contributed by atoms with Crippen LogP contribution in [0.2, 0.25) is 18.6 Å². The molecule has 1 aliphatic rings. The summed E-state index contributed by atoms with van der Waals surface area (Å²) in [6, 6.07) is 11.4. The average Bonchev–Trinajstić information content (AvgIpc) is 3.34. The van der Waals surface area contributed by atoms with Gasteiger partial charge >= 0.3 is 0 Å². The van der Waals surface area contributed by atoms with Gasteiger partial charge in [0.25, 0.3) is 0 Å². The zero-order valence-corrected chi connectivity index (χ0v) is 16.8. The van der Waals surface area contributed by atoms with Crippen LogP contribution in [-0.2, 0) is 0 Å². The van der Waals surface area contributed by atoms with Gasteiger partial charge < -0.3 is 0 Å². The monoisotopic (exact) mass is 330 g/mol. The minimum Gasteiger partial charge on any atom is -0.0654 e. The van der Waals surface area contributed by atoms with Crippen molar-refractivity contribution in [1.29, 1.82) is 0 Å². The number of benzene rings is 1. The quantitative estimate of drug-likeness (QED) is 0.288. The summed E-state index contributed by atoms with van der Waals surface area (Å²) < 4.78 is 0. The maximum atomic E-state index is 2.59. The van der Waals surface area contributed by atoms with Gasteiger partial charge in [-0.05, 0) is 17.9 Å². The second kappa shape index (κ2) is 9.66. The summed E-state index contributed by atoms with van der Waals surface area (Å²) in [7, 11) is -1.20. The zero-order chi connectivity index (χ0) is 16.5. The van der Waals surface area contributed by atoms with Crippen molar-refractivity contribution >= 4 is 13.3 Å². The minimum absolute atomic E-state index is 1.05. The molecule has 23 heavy (non-hydrogen) atoms. The molecule has 0 heterocycles. The SMILES string of the molecule is CCCCCCCCCCC[C@@H]1C[C@H]1[Si](C)(C)c1ccccc1. The normalized spacial score (nSPS) is 20.7. The molecule has 0 amide bonds. The fraction of sp³-hybridized carbons (Fsp3) is 0.727. The van der Waals surface area contributed by atoms with Crippen LogP contribution < -0.4 is 5.19 Å². The highest BCUT2D eigenvalue weighted by Crippen LogP contribution is 2.54. The van der Waals surface area contributed by atoms with Gasteiger partial charge in [-0.15, -0.1) is 0 Å². The first-order valence-electron chi connectivity index (χ1n) is 10.2. The molecule has 1 aromatic carbocycles. The maximum absolute atomic E-state index is 2.59. The number of hydrogen-bond donors (Lipinski definition) is 0. The summed E-state index contributed by atoms with van der Waals surface area (Å²) in [5.74, 6) is 1.06. The van der Waals surface area contributed by atoms with Gasteiger partial charge in [-0.25, -0.2) is 0 Å². The Bertz CT molecular complexity index is 423. The average molecular weight is 331 g/mol. The molecule has 1 fully saturated rings. The van der Waals surface area contributed by atoms with Gasteiger partial charge in [0.05, 0.1) is 8.07 Å². The Kier molecular flexibility index (Phi) is 7.89. The lowest BCUT2D eigenvalue weighted by atomic mass is 10.1. The second-order valence-corrected chi connectivity index (χ2v) is 13.1. The molecule has 0 bridgehead atoms. The molecule has 2 atom stereocenters. The third kappa shape index (κ3) is 6.10. The Balaban J connectivity index is 1.54. The lowest BCUT2D eigenvalue weighted by molar-refractivity contribution is 0.544. The van der Waals surface area contributed by atoms with Crippen LogP contribution >= 0.6 is 0 Å². The van der Waals surface area contributed by atoms with Crippen molar-refractivity contribution in [2.45, 2.75) is 96.2 Å². The molecule has 1 aliphatic carbocycles. The van der Waals surface area contributed by atoms with Crippen LogP contribution in [0.25, 0.3) is 0 Å². The topological polar surface area (TPSA) is 0 Å². The highest BCUT2D eigenvalue weighted by Gasteiger charge is 2.48. The molecule has 1 heteroatoms. The van der Waals surface area contributed by atoms with Gasteiger partial charge in [0.1, 0.15) is 0 Å². The lowest BCUT2D eigenvalue weighted by Gasteiger charge is -2.23. The molecule has 130 valence electrons. The van der Waals surface area contributed by atoms with Crippen molar-refractivity contribution in [3.63, 3.8) is 0 Å². The van der Waals surface area contributed by atoms with E-state index in [-0.39, 0.29) is 0 Å². The Labute approximate surface area is 146 Å². The highest BCUT2D eigenvalue weighted by atomic mass is 28.3. The van der Waals surface area contributed by atoms with Crippen molar-refractivity contribution in [3.8, 4) is 0 Å². The summed E-state index contributed by atoms with van der Waals surface area (Å²) in [4.78, 5) is 0. The lowest BCUT2D eigenvalue weighted by Crippen LogP contribution is -2.42. The highest BCUT2D eigenvalue weighted by molar-refractivity contribution is 6.91. The van der Waals surface area contributed by atoms with Crippen LogP contribution in [0.5, 0.6) is 0 Å². The number of hydrogen-bond acceptors (Lipinski definition) is 0. The van der Waals surface area contributed by atoms with Gasteiger partial charge in [0.2, 0.25) is 0 Å². The first kappa shape index (κ1) is 18.8. The van der Waals surface area contributed by atoms with E-state index in [4.69, 9.17) is 0 Å². The molecule has 0 unspecified atom stereocenters. The van der Waals surface area contributed by atoms with E-state index >= 15 is 0 Å². The van der Waals surface area contributed by atoms with E-state index in [2.05, 4.69) is 50.3 Å². The van der Waals surface area contributed by atoms with Crippen LogP contribution in [-0.4, -0.2) is 8.07 Å². The largest absolute Gasteiger partial charge is 0.0839 e. The van der Waals surface area contributed by atoms with E-state index in [1.165, 1.54) is 70.6 Å². The van der Waals surface area contributed by atoms with Crippen molar-refractivity contribution in [2.24, 2.45) is 5.92 Å². The molecule has 0 nitrogen and oxygen atoms in total. The van der Waals surface area contributed by atoms with Gasteiger partial charge in [-0.1, -0.05) is 120 Å². The third-order valence-corrected chi connectivity index (χ3v) is 10.4. The Morgan fingerprint density at radius 1 is 0.826 bits per heavy atom. The van der Waals surface area contributed by atoms with E-state index in [0.717, 1.165) is 11.5 Å². The molecule has 0 N–H and O–H groups in total. The van der Waals surface area contributed by atoms with E-state index in [9.17, 15) is 0 Å². The van der Waals surface area contributed by atoms with Crippen LogP contribution in [0.15, 0.2) is 30.3 Å². The summed E-state index contributed by atoms with van der Waals surface area (Å²) in [5, 5.41) is 1.67. The summed E-state index contributed by atoms with van der Waals surface area (Å²) in [5.41, 5.74) is 1.05. The Hall–Kier alpha value is -0.563. The Morgan fingerprint density at radius 3 is 2.00 bits per heavy atom. The predicted octanol–water partition coefficient (Wildman–Crippen LogP) is 6.91. The van der Waals surface area contributed by atoms with Crippen molar-refractivity contribution in [1.82, 2.24) is 0 Å². The standard InChI is InChI=1S/C22H38Si/c1-4-5-6-7-8-9-10-11-13-16-20-19-22(20)23(2,3)21-17-14-12-15-18-21/h12,14-15,17-18,20,22H,4-11,13,16,19H2,1-3H3/t20-,22-/m1/s1. The predicted molar refractivity (Wildman–Crippen MR) is 107 cm³/mol. The molecular formula is C22H38Si. The molecule has 1 saturated carbocycles. The molecule has 0 saturated heterocycles. The van der Waals surface area contributed by atoms with E-state index in [0.29, 0.717) is 0 Å². The fourth-order valence-corrected chi connectivity index (χ4v) is 7.97. The van der Waals surface area contributed by atoms with Crippen LogP contribution in [0.4, 0.5) is 0 Å². The first-order valence-corrected chi connectivity index (χ1v) is 13.3. The molecular weight excluding hydrogens is 292 g/mol. The molecule has 0 aromatic heterocycles. The van der Waals surface area contributed by atoms with Gasteiger partial charge in [0, 0.05) is 0 Å². The smallest absolute Gasteiger partial charge is 0.0654 e. The van der Waals surface area contributed by atoms with E-state index in [1.807, 2.05) is 0 Å². The maximum Gasteiger partial charge on any atom is 0.0839 e. The second-order valence-electron chi connectivity index (χ2n) is 8.31.